The van der Waals surface area contributed by atoms with Gasteiger partial charge in [0.2, 0.25) is 11.5 Å². The molecular formula is C21H20N8O8S2. The van der Waals surface area contributed by atoms with Crippen LogP contribution < -0.4 is 26.5 Å². The van der Waals surface area contributed by atoms with E-state index in [0.717, 1.165) is 11.5 Å². The van der Waals surface area contributed by atoms with Gasteiger partial charge in [-0.25, -0.2) is 4.57 Å². The van der Waals surface area contributed by atoms with Crippen LogP contribution in [0.15, 0.2) is 41.0 Å². The molecule has 2 aromatic rings. The lowest BCUT2D eigenvalue weighted by molar-refractivity contribution is -0.689. The fourth-order valence-corrected chi connectivity index (χ4v) is 5.50. The minimum Gasteiger partial charge on any atom is -0.545 e. The van der Waals surface area contributed by atoms with E-state index in [1.54, 1.807) is 4.57 Å². The Labute approximate surface area is 227 Å². The van der Waals surface area contributed by atoms with E-state index in [0.29, 0.717) is 5.57 Å². The Morgan fingerprint density at radius 3 is 2.62 bits per heavy atom. The number of primary amides is 1. The Balaban J connectivity index is 1.50. The smallest absolute Gasteiger partial charge is 0.306 e. The van der Waals surface area contributed by atoms with Crippen LogP contribution in [0.4, 0.5) is 5.13 Å². The van der Waals surface area contributed by atoms with Gasteiger partial charge in [-0.15, -0.1) is 11.8 Å². The molecule has 0 aromatic carbocycles. The van der Waals surface area contributed by atoms with Crippen molar-refractivity contribution >= 4 is 63.8 Å². The number of rotatable bonds is 11. The van der Waals surface area contributed by atoms with Crippen molar-refractivity contribution in [1.29, 1.82) is 0 Å². The molecule has 16 nitrogen and oxygen atoms in total. The molecule has 0 aliphatic carbocycles. The molecule has 1 unspecified atom stereocenters. The highest BCUT2D eigenvalue weighted by atomic mass is 32.2. The van der Waals surface area contributed by atoms with Gasteiger partial charge in [0.25, 0.3) is 17.7 Å². The molecule has 18 heteroatoms. The number of pyridine rings is 1. The zero-order valence-corrected chi connectivity index (χ0v) is 21.4. The quantitative estimate of drug-likeness (QED) is 0.0679. The highest BCUT2D eigenvalue weighted by Crippen LogP contribution is 2.40. The molecule has 2 aliphatic heterocycles. The molecule has 1 saturated heterocycles. The predicted molar refractivity (Wildman–Crippen MR) is 131 cm³/mol. The number of amides is 3. The summed E-state index contributed by atoms with van der Waals surface area (Å²) in [5.41, 5.74) is 11.3. The number of nitrogen functional groups attached to an aromatic ring is 1. The fraction of sp³-hybridized carbons (Fsp3) is 0.286. The number of carboxylic acid groups (broad SMARTS) is 2. The van der Waals surface area contributed by atoms with Gasteiger partial charge in [0.05, 0.1) is 12.4 Å². The molecule has 2 atom stereocenters. The number of hydrogen-bond acceptors (Lipinski definition) is 13. The maximum atomic E-state index is 13.1. The number of hydrogen-bond donors (Lipinski definition) is 4. The van der Waals surface area contributed by atoms with E-state index in [2.05, 4.69) is 19.8 Å². The Hall–Kier alpha value is -4.58. The van der Waals surface area contributed by atoms with Gasteiger partial charge >= 0.3 is 5.97 Å². The summed E-state index contributed by atoms with van der Waals surface area (Å²) < 4.78 is 5.53. The van der Waals surface area contributed by atoms with Crippen LogP contribution in [0.1, 0.15) is 22.6 Å². The molecule has 204 valence electrons. The standard InChI is InChI=1S/C21H20N8O8S2/c22-15(32)14-10(7-28-4-1-9(2-5-28)20(35)36)8-38-19-13(18(34)29(14)19)24-17(33)12(16-25-21(23)39-27-16)26-37-6-3-11(30)31/h1-2,4-5,13,19H,3,6-8H2,(H6-,22,23,24,25,27,30,31,32,33,35,36)/t13?,19-/m0/s1. The molecule has 4 rings (SSSR count). The van der Waals surface area contributed by atoms with Crippen molar-refractivity contribution in [3.05, 3.63) is 47.2 Å². The maximum absolute atomic E-state index is 13.1. The molecule has 4 heterocycles. The number of aromatic carboxylic acids is 1. The van der Waals surface area contributed by atoms with Crippen LogP contribution in [0.3, 0.4) is 0 Å². The van der Waals surface area contributed by atoms with Gasteiger partial charge in [0, 0.05) is 40.6 Å². The number of nitrogens with one attached hydrogen (secondary N) is 1. The average molecular weight is 577 g/mol. The second-order valence-electron chi connectivity index (χ2n) is 8.10. The summed E-state index contributed by atoms with van der Waals surface area (Å²) in [5, 5.41) is 25.3. The number of β-lactam (4-membered cyclic amide) rings is 1. The second-order valence-corrected chi connectivity index (χ2v) is 9.99. The van der Waals surface area contributed by atoms with Crippen LogP contribution in [0.25, 0.3) is 0 Å². The number of aliphatic carboxylic acids is 1. The third kappa shape index (κ3) is 5.96. The van der Waals surface area contributed by atoms with Crippen molar-refractivity contribution in [2.24, 2.45) is 10.9 Å². The number of carboxylic acids is 2. The number of oxime groups is 1. The number of carbonyl (C=O) groups is 5. The van der Waals surface area contributed by atoms with Crippen molar-refractivity contribution in [2.75, 3.05) is 18.1 Å². The minimum atomic E-state index is -1.33. The van der Waals surface area contributed by atoms with Gasteiger partial charge in [-0.3, -0.25) is 24.1 Å². The van der Waals surface area contributed by atoms with Crippen LogP contribution in [-0.4, -0.2) is 78.5 Å². The van der Waals surface area contributed by atoms with Crippen LogP contribution >= 0.6 is 23.3 Å². The average Bonchev–Trinajstić information content (AvgIpc) is 3.32. The molecule has 0 spiro atoms. The van der Waals surface area contributed by atoms with Gasteiger partial charge in [0.1, 0.15) is 23.7 Å². The summed E-state index contributed by atoms with van der Waals surface area (Å²) >= 11 is 2.07. The summed E-state index contributed by atoms with van der Waals surface area (Å²) in [6.07, 6.45) is 2.61. The van der Waals surface area contributed by atoms with Crippen molar-refractivity contribution in [1.82, 2.24) is 19.6 Å². The van der Waals surface area contributed by atoms with E-state index in [-0.39, 0.29) is 47.5 Å². The SMILES string of the molecule is NC(=O)C1=C(C[n+]2ccc(C(=O)[O-])cc2)CS[C@H]2C(NC(=O)C(=NOCCC(=O)O)c3nsc(N)n3)C(=O)N12. The summed E-state index contributed by atoms with van der Waals surface area (Å²) in [6, 6.07) is 1.64. The number of nitrogens with zero attached hydrogens (tertiary/aromatic N) is 5. The lowest BCUT2D eigenvalue weighted by atomic mass is 10.0. The molecule has 6 N–H and O–H groups in total. The minimum absolute atomic E-state index is 0.00874. The van der Waals surface area contributed by atoms with Crippen molar-refractivity contribution in [3.63, 3.8) is 0 Å². The largest absolute Gasteiger partial charge is 0.545 e. The monoisotopic (exact) mass is 576 g/mol. The predicted octanol–water partition coefficient (Wildman–Crippen LogP) is -3.19. The Kier molecular flexibility index (Phi) is 8.05. The number of anilines is 1. The highest BCUT2D eigenvalue weighted by molar-refractivity contribution is 8.00. The first kappa shape index (κ1) is 27.5. The topological polar surface area (TPSA) is 247 Å². The molecule has 0 bridgehead atoms. The lowest BCUT2D eigenvalue weighted by Crippen LogP contribution is -2.71. The van der Waals surface area contributed by atoms with Gasteiger partial charge in [0.15, 0.2) is 24.1 Å². The van der Waals surface area contributed by atoms with Gasteiger partial charge in [-0.2, -0.15) is 9.36 Å². The van der Waals surface area contributed by atoms with E-state index < -0.39 is 46.8 Å². The first-order chi connectivity index (χ1) is 18.6. The van der Waals surface area contributed by atoms with Crippen LogP contribution in [0.5, 0.6) is 0 Å². The first-order valence-corrected chi connectivity index (χ1v) is 12.9. The van der Waals surface area contributed by atoms with Gasteiger partial charge in [-0.05, 0) is 0 Å². The van der Waals surface area contributed by atoms with E-state index in [1.165, 1.54) is 41.2 Å². The normalized spacial score (nSPS) is 18.7. The lowest BCUT2D eigenvalue weighted by Gasteiger charge is -2.49. The third-order valence-electron chi connectivity index (χ3n) is 5.50. The summed E-state index contributed by atoms with van der Waals surface area (Å²) in [7, 11) is 0. The first-order valence-electron chi connectivity index (χ1n) is 11.1. The molecule has 39 heavy (non-hydrogen) atoms. The van der Waals surface area contributed by atoms with Crippen molar-refractivity contribution in [3.8, 4) is 0 Å². The third-order valence-corrected chi connectivity index (χ3v) is 7.38. The number of fused-ring (bicyclic) bond motifs is 1. The van der Waals surface area contributed by atoms with Crippen LogP contribution in [0, 0.1) is 0 Å². The van der Waals surface area contributed by atoms with Crippen molar-refractivity contribution < 1.29 is 43.6 Å². The molecule has 3 amide bonds. The van der Waals surface area contributed by atoms with Crippen LogP contribution in [0.2, 0.25) is 0 Å². The molecule has 0 radical (unpaired) electrons. The summed E-state index contributed by atoms with van der Waals surface area (Å²) in [4.78, 5) is 70.1. The number of aromatic nitrogens is 3. The van der Waals surface area contributed by atoms with E-state index >= 15 is 0 Å². The number of nitrogens with two attached hydrogens (primary N) is 2. The fourth-order valence-electron chi connectivity index (χ4n) is 3.73. The second kappa shape index (κ2) is 11.4. The maximum Gasteiger partial charge on any atom is 0.306 e. The summed E-state index contributed by atoms with van der Waals surface area (Å²) in [5.74, 6) is -4.65. The van der Waals surface area contributed by atoms with Gasteiger partial charge < -0.3 is 36.6 Å². The zero-order chi connectivity index (χ0) is 28.3. The number of thioether (sulfide) groups is 1. The van der Waals surface area contributed by atoms with E-state index in [1.807, 2.05) is 0 Å². The number of carbonyl (C=O) groups excluding carboxylic acids is 4. The zero-order valence-electron chi connectivity index (χ0n) is 19.8. The Bertz CT molecular complexity index is 1410. The molecular weight excluding hydrogens is 556 g/mol. The summed E-state index contributed by atoms with van der Waals surface area (Å²) in [6.45, 7) is -0.169. The van der Waals surface area contributed by atoms with E-state index in [9.17, 15) is 29.1 Å². The van der Waals surface area contributed by atoms with Crippen LogP contribution in [-0.2, 0) is 30.6 Å². The van der Waals surface area contributed by atoms with Crippen molar-refractivity contribution in [2.45, 2.75) is 24.4 Å². The molecule has 2 aromatic heterocycles. The molecule has 2 aliphatic rings. The Morgan fingerprint density at radius 1 is 1.31 bits per heavy atom. The molecule has 0 saturated carbocycles. The molecule has 1 fully saturated rings. The van der Waals surface area contributed by atoms with E-state index in [4.69, 9.17) is 21.4 Å². The highest BCUT2D eigenvalue weighted by Gasteiger charge is 2.54. The van der Waals surface area contributed by atoms with Gasteiger partial charge in [-0.1, -0.05) is 5.16 Å². The Morgan fingerprint density at radius 2 is 2.03 bits per heavy atom.